The summed E-state index contributed by atoms with van der Waals surface area (Å²) in [5.41, 5.74) is 24.8. The van der Waals surface area contributed by atoms with Crippen molar-refractivity contribution in [1.29, 1.82) is 0 Å². The Morgan fingerprint density at radius 1 is 0.712 bits per heavy atom. The number of nitrogens with one attached hydrogen (secondary N) is 5. The summed E-state index contributed by atoms with van der Waals surface area (Å²) in [5, 5.41) is 14.0. The SMILES string of the molecule is NCCCC[C@@H]1NC(=O)Cc2cccc(c2)CNC(=O)[C@@H](Cc2ccccc2)NC(=O)[C@H](N=C(N)N)CCOCNC(=O)[C@H](CCCCN)NC1=O. The normalized spacial score (nSPS) is 21.5. The van der Waals surface area contributed by atoms with E-state index in [1.807, 2.05) is 36.4 Å². The van der Waals surface area contributed by atoms with Gasteiger partial charge < -0.3 is 54.3 Å². The van der Waals surface area contributed by atoms with Gasteiger partial charge in [0.1, 0.15) is 30.9 Å². The van der Waals surface area contributed by atoms with E-state index in [4.69, 9.17) is 27.7 Å². The van der Waals surface area contributed by atoms with Crippen molar-refractivity contribution in [3.63, 3.8) is 0 Å². The summed E-state index contributed by atoms with van der Waals surface area (Å²) in [6.07, 6.45) is 3.31. The molecule has 1 aliphatic heterocycles. The maximum Gasteiger partial charge on any atom is 0.245 e. The fraction of sp³-hybridized carbons (Fsp3) is 0.500. The van der Waals surface area contributed by atoms with Gasteiger partial charge in [0.2, 0.25) is 29.5 Å². The molecule has 2 bridgehead atoms. The van der Waals surface area contributed by atoms with Gasteiger partial charge in [0.25, 0.3) is 0 Å². The van der Waals surface area contributed by atoms with Gasteiger partial charge in [-0.25, -0.2) is 4.99 Å². The summed E-state index contributed by atoms with van der Waals surface area (Å²) in [4.78, 5) is 71.1. The number of hydrogen-bond acceptors (Lipinski definition) is 9. The standard InChI is InChI=1S/C36H54N10O6/c37-16-6-4-13-27-32(48)42-23-52-18-15-29(46-36(39)40)35(51)45-30(20-24-9-2-1-3-10-24)33(49)41-22-26-12-8-11-25(19-26)21-31(47)43-28(34(50)44-27)14-5-7-17-38/h1-3,8-12,19,27-30H,4-7,13-18,20-23,37-38H2,(H,41,49)(H,42,48)(H,43,47)(H,44,50)(H,45,51)(H4,39,40,46)/t27-,28-,29+,30+/m0/s1. The molecule has 52 heavy (non-hydrogen) atoms. The first-order valence-corrected chi connectivity index (χ1v) is 17.7. The average Bonchev–Trinajstić information content (AvgIpc) is 3.12. The number of nitrogens with two attached hydrogens (primary N) is 4. The van der Waals surface area contributed by atoms with Gasteiger partial charge in [0.05, 0.1) is 13.0 Å². The first-order valence-electron chi connectivity index (χ1n) is 17.7. The largest absolute Gasteiger partial charge is 0.370 e. The fourth-order valence-corrected chi connectivity index (χ4v) is 5.66. The van der Waals surface area contributed by atoms with Crippen LogP contribution >= 0.6 is 0 Å². The van der Waals surface area contributed by atoms with Gasteiger partial charge in [-0.15, -0.1) is 0 Å². The van der Waals surface area contributed by atoms with E-state index < -0.39 is 47.8 Å². The fourth-order valence-electron chi connectivity index (χ4n) is 5.66. The van der Waals surface area contributed by atoms with Crippen LogP contribution in [0, 0.1) is 0 Å². The Bertz CT molecular complexity index is 1490. The molecule has 1 heterocycles. The number of carbonyl (C=O) groups excluding carboxylic acids is 5. The zero-order valence-corrected chi connectivity index (χ0v) is 29.6. The molecule has 0 aromatic heterocycles. The molecule has 0 radical (unpaired) electrons. The molecule has 3 rings (SSSR count). The molecule has 0 unspecified atom stereocenters. The van der Waals surface area contributed by atoms with Gasteiger partial charge in [-0.2, -0.15) is 0 Å². The number of fused-ring (bicyclic) bond motifs is 2. The van der Waals surface area contributed by atoms with Gasteiger partial charge in [0.15, 0.2) is 5.96 Å². The summed E-state index contributed by atoms with van der Waals surface area (Å²) in [7, 11) is 0. The molecule has 0 aliphatic carbocycles. The molecule has 1 aliphatic rings. The monoisotopic (exact) mass is 722 g/mol. The van der Waals surface area contributed by atoms with Crippen molar-refractivity contribution in [3.05, 3.63) is 71.3 Å². The van der Waals surface area contributed by atoms with Crippen LogP contribution in [0.5, 0.6) is 0 Å². The van der Waals surface area contributed by atoms with E-state index in [9.17, 15) is 24.0 Å². The van der Waals surface area contributed by atoms with Crippen molar-refractivity contribution < 1.29 is 28.7 Å². The zero-order chi connectivity index (χ0) is 37.7. The van der Waals surface area contributed by atoms with Gasteiger partial charge in [-0.1, -0.05) is 54.6 Å². The summed E-state index contributed by atoms with van der Waals surface area (Å²) < 4.78 is 5.61. The van der Waals surface area contributed by atoms with E-state index >= 15 is 0 Å². The van der Waals surface area contributed by atoms with Crippen LogP contribution < -0.4 is 49.5 Å². The second-order valence-electron chi connectivity index (χ2n) is 12.7. The van der Waals surface area contributed by atoms with Crippen LogP contribution in [0.3, 0.4) is 0 Å². The topological polar surface area (TPSA) is 271 Å². The van der Waals surface area contributed by atoms with E-state index in [1.165, 1.54) is 0 Å². The lowest BCUT2D eigenvalue weighted by molar-refractivity contribution is -0.133. The smallest absolute Gasteiger partial charge is 0.245 e. The van der Waals surface area contributed by atoms with E-state index in [2.05, 4.69) is 31.6 Å². The molecule has 0 spiro atoms. The van der Waals surface area contributed by atoms with Crippen molar-refractivity contribution >= 4 is 35.5 Å². The lowest BCUT2D eigenvalue weighted by atomic mass is 10.0. The molecule has 4 atom stereocenters. The highest BCUT2D eigenvalue weighted by atomic mass is 16.5. The molecular weight excluding hydrogens is 668 g/mol. The number of aliphatic imine (C=N–C) groups is 1. The molecule has 0 saturated carbocycles. The maximum atomic E-state index is 13.5. The first-order chi connectivity index (χ1) is 25.1. The minimum atomic E-state index is -1.09. The Balaban J connectivity index is 1.90. The van der Waals surface area contributed by atoms with Crippen LogP contribution in [0.1, 0.15) is 61.6 Å². The Labute approximate surface area is 304 Å². The number of guanidine groups is 1. The van der Waals surface area contributed by atoms with Crippen molar-refractivity contribution in [1.82, 2.24) is 26.6 Å². The predicted molar refractivity (Wildman–Crippen MR) is 197 cm³/mol. The van der Waals surface area contributed by atoms with Gasteiger partial charge in [-0.3, -0.25) is 24.0 Å². The number of amides is 5. The molecule has 0 saturated heterocycles. The van der Waals surface area contributed by atoms with E-state index in [-0.39, 0.29) is 51.0 Å². The van der Waals surface area contributed by atoms with Crippen LogP contribution in [0.2, 0.25) is 0 Å². The molecular formula is C36H54N10O6. The third kappa shape index (κ3) is 15.0. The first kappa shape index (κ1) is 41.4. The molecule has 16 heteroatoms. The number of nitrogens with zero attached hydrogens (tertiary/aromatic N) is 1. The minimum Gasteiger partial charge on any atom is -0.370 e. The molecule has 5 amide bonds. The highest BCUT2D eigenvalue weighted by Gasteiger charge is 2.28. The Morgan fingerprint density at radius 2 is 1.35 bits per heavy atom. The van der Waals surface area contributed by atoms with Crippen LogP contribution in [-0.4, -0.2) is 86.1 Å². The van der Waals surface area contributed by atoms with Crippen LogP contribution in [0.25, 0.3) is 0 Å². The lowest BCUT2D eigenvalue weighted by Gasteiger charge is -2.23. The van der Waals surface area contributed by atoms with Crippen molar-refractivity contribution in [2.24, 2.45) is 27.9 Å². The Hall–Kier alpha value is -5.06. The number of benzene rings is 2. The van der Waals surface area contributed by atoms with Crippen LogP contribution in [0.15, 0.2) is 59.6 Å². The zero-order valence-electron chi connectivity index (χ0n) is 29.6. The number of unbranched alkanes of at least 4 members (excludes halogenated alkanes) is 2. The van der Waals surface area contributed by atoms with Gasteiger partial charge in [0, 0.05) is 19.4 Å². The van der Waals surface area contributed by atoms with E-state index in [1.54, 1.807) is 18.2 Å². The summed E-state index contributed by atoms with van der Waals surface area (Å²) in [6, 6.07) is 12.5. The lowest BCUT2D eigenvalue weighted by Crippen LogP contribution is -2.54. The number of hydrogen-bond donors (Lipinski definition) is 9. The summed E-state index contributed by atoms with van der Waals surface area (Å²) in [5.74, 6) is -2.71. The number of ether oxygens (including phenoxy) is 1. The second kappa shape index (κ2) is 22.7. The molecule has 2 aromatic rings. The van der Waals surface area contributed by atoms with Gasteiger partial charge in [-0.05, 0) is 68.3 Å². The second-order valence-corrected chi connectivity index (χ2v) is 12.7. The minimum absolute atomic E-state index is 0.0273. The summed E-state index contributed by atoms with van der Waals surface area (Å²) in [6.45, 7) is 0.718. The average molecular weight is 723 g/mol. The van der Waals surface area contributed by atoms with Crippen molar-refractivity contribution in [2.45, 2.75) is 88.5 Å². The molecule has 13 N–H and O–H groups in total. The molecule has 284 valence electrons. The van der Waals surface area contributed by atoms with Gasteiger partial charge >= 0.3 is 0 Å². The Morgan fingerprint density at radius 3 is 2.02 bits per heavy atom. The third-order valence-corrected chi connectivity index (χ3v) is 8.41. The number of rotatable bonds is 11. The molecule has 2 aromatic carbocycles. The Kier molecular flexibility index (Phi) is 18.1. The van der Waals surface area contributed by atoms with Crippen molar-refractivity contribution in [2.75, 3.05) is 26.4 Å². The quantitative estimate of drug-likeness (QED) is 0.0770. The van der Waals surface area contributed by atoms with Crippen LogP contribution in [0.4, 0.5) is 0 Å². The predicted octanol–water partition coefficient (Wildman–Crippen LogP) is -1.06. The third-order valence-electron chi connectivity index (χ3n) is 8.41. The maximum absolute atomic E-state index is 13.5. The van der Waals surface area contributed by atoms with Crippen molar-refractivity contribution in [3.8, 4) is 0 Å². The highest BCUT2D eigenvalue weighted by Crippen LogP contribution is 2.11. The van der Waals surface area contributed by atoms with Crippen LogP contribution in [-0.2, 0) is 48.1 Å². The van der Waals surface area contributed by atoms with E-state index in [0.717, 1.165) is 11.1 Å². The molecule has 0 fully saturated rings. The highest BCUT2D eigenvalue weighted by molar-refractivity contribution is 5.93. The summed E-state index contributed by atoms with van der Waals surface area (Å²) >= 11 is 0. The van der Waals surface area contributed by atoms with E-state index in [0.29, 0.717) is 57.2 Å². The number of carbonyl (C=O) groups is 5. The molecule has 16 nitrogen and oxygen atoms in total.